The van der Waals surface area contributed by atoms with Crippen LogP contribution in [0.3, 0.4) is 0 Å². The molecule has 0 saturated carbocycles. The molecular formula is C12H12N2O3S. The van der Waals surface area contributed by atoms with Gasteiger partial charge in [0.25, 0.3) is 11.8 Å². The van der Waals surface area contributed by atoms with Gasteiger partial charge in [-0.15, -0.1) is 0 Å². The fourth-order valence-electron chi connectivity index (χ4n) is 1.77. The lowest BCUT2D eigenvalue weighted by Crippen LogP contribution is -2.32. The smallest absolute Gasteiger partial charge is 0.261 e. The van der Waals surface area contributed by atoms with Crippen LogP contribution in [-0.4, -0.2) is 40.7 Å². The van der Waals surface area contributed by atoms with Gasteiger partial charge in [-0.2, -0.15) is 11.8 Å². The maximum Gasteiger partial charge on any atom is 0.261 e. The highest BCUT2D eigenvalue weighted by Gasteiger charge is 2.34. The van der Waals surface area contributed by atoms with Crippen LogP contribution in [0.4, 0.5) is 0 Å². The second kappa shape index (κ2) is 5.22. The minimum atomic E-state index is -0.401. The molecule has 94 valence electrons. The van der Waals surface area contributed by atoms with E-state index in [4.69, 9.17) is 5.73 Å². The third kappa shape index (κ3) is 2.38. The van der Waals surface area contributed by atoms with Gasteiger partial charge in [-0.3, -0.25) is 19.3 Å². The standard InChI is InChI=1S/C12H12N2O3S/c13-10(15)7-18-6-5-14-11(16)8-3-1-2-4-9(8)12(14)17/h1-4H,5-7H2,(H2,13,15). The Morgan fingerprint density at radius 2 is 1.72 bits per heavy atom. The number of primary amides is 1. The van der Waals surface area contributed by atoms with E-state index in [9.17, 15) is 14.4 Å². The number of nitrogens with zero attached hydrogens (tertiary/aromatic N) is 1. The fraction of sp³-hybridized carbons (Fsp3) is 0.250. The molecule has 0 aromatic heterocycles. The Balaban J connectivity index is 1.99. The molecule has 0 atom stereocenters. The van der Waals surface area contributed by atoms with Crippen LogP contribution in [0, 0.1) is 0 Å². The molecule has 0 unspecified atom stereocenters. The number of imide groups is 1. The van der Waals surface area contributed by atoms with Crippen LogP contribution in [0.5, 0.6) is 0 Å². The lowest BCUT2D eigenvalue weighted by atomic mass is 10.1. The van der Waals surface area contributed by atoms with Gasteiger partial charge in [0.1, 0.15) is 0 Å². The molecule has 18 heavy (non-hydrogen) atoms. The maximum atomic E-state index is 11.9. The second-order valence-electron chi connectivity index (χ2n) is 3.83. The summed E-state index contributed by atoms with van der Waals surface area (Å²) < 4.78 is 0. The normalized spacial score (nSPS) is 13.9. The van der Waals surface area contributed by atoms with Crippen LogP contribution >= 0.6 is 11.8 Å². The second-order valence-corrected chi connectivity index (χ2v) is 4.93. The molecule has 0 saturated heterocycles. The van der Waals surface area contributed by atoms with Crippen LogP contribution in [0.25, 0.3) is 0 Å². The Bertz CT molecular complexity index is 481. The van der Waals surface area contributed by atoms with Crippen molar-refractivity contribution < 1.29 is 14.4 Å². The first kappa shape index (κ1) is 12.6. The van der Waals surface area contributed by atoms with Gasteiger partial charge in [0.15, 0.2) is 0 Å². The fourth-order valence-corrected chi connectivity index (χ4v) is 2.43. The van der Waals surface area contributed by atoms with Crippen molar-refractivity contribution in [1.82, 2.24) is 4.90 Å². The molecule has 5 nitrogen and oxygen atoms in total. The zero-order valence-electron chi connectivity index (χ0n) is 9.59. The Kier molecular flexibility index (Phi) is 3.66. The first-order valence-corrected chi connectivity index (χ1v) is 6.58. The van der Waals surface area contributed by atoms with E-state index >= 15 is 0 Å². The summed E-state index contributed by atoms with van der Waals surface area (Å²) in [5, 5.41) is 0. The van der Waals surface area contributed by atoms with E-state index in [0.717, 1.165) is 0 Å². The topological polar surface area (TPSA) is 80.5 Å². The number of fused-ring (bicyclic) bond motifs is 1. The molecule has 0 aliphatic carbocycles. The van der Waals surface area contributed by atoms with Crippen LogP contribution < -0.4 is 5.73 Å². The molecule has 1 aromatic carbocycles. The van der Waals surface area contributed by atoms with Gasteiger partial charge < -0.3 is 5.73 Å². The number of carbonyl (C=O) groups excluding carboxylic acids is 3. The zero-order valence-corrected chi connectivity index (χ0v) is 10.4. The Morgan fingerprint density at radius 1 is 1.17 bits per heavy atom. The third-order valence-electron chi connectivity index (χ3n) is 2.58. The van der Waals surface area contributed by atoms with Crippen LogP contribution in [-0.2, 0) is 4.79 Å². The van der Waals surface area contributed by atoms with Gasteiger partial charge in [-0.25, -0.2) is 0 Å². The van der Waals surface area contributed by atoms with Crippen molar-refractivity contribution in [3.8, 4) is 0 Å². The lowest BCUT2D eigenvalue weighted by molar-refractivity contribution is -0.115. The minimum Gasteiger partial charge on any atom is -0.369 e. The highest BCUT2D eigenvalue weighted by molar-refractivity contribution is 7.99. The SMILES string of the molecule is NC(=O)CSCCN1C(=O)c2ccccc2C1=O. The summed E-state index contributed by atoms with van der Waals surface area (Å²) >= 11 is 1.31. The number of hydrogen-bond acceptors (Lipinski definition) is 4. The molecule has 0 spiro atoms. The van der Waals surface area contributed by atoms with E-state index in [-0.39, 0.29) is 17.6 Å². The number of carbonyl (C=O) groups is 3. The average molecular weight is 264 g/mol. The largest absolute Gasteiger partial charge is 0.369 e. The van der Waals surface area contributed by atoms with Crippen molar-refractivity contribution in [2.24, 2.45) is 5.73 Å². The third-order valence-corrected chi connectivity index (χ3v) is 3.54. The van der Waals surface area contributed by atoms with E-state index in [0.29, 0.717) is 23.4 Å². The molecule has 2 rings (SSSR count). The zero-order chi connectivity index (χ0) is 13.1. The lowest BCUT2D eigenvalue weighted by Gasteiger charge is -2.12. The Morgan fingerprint density at radius 3 is 2.22 bits per heavy atom. The monoisotopic (exact) mass is 264 g/mol. The summed E-state index contributed by atoms with van der Waals surface area (Å²) in [6.07, 6.45) is 0. The van der Waals surface area contributed by atoms with E-state index in [2.05, 4.69) is 0 Å². The average Bonchev–Trinajstić information content (AvgIpc) is 2.59. The van der Waals surface area contributed by atoms with Gasteiger partial charge >= 0.3 is 0 Å². The molecule has 1 aromatic rings. The molecule has 0 radical (unpaired) electrons. The molecule has 2 N–H and O–H groups in total. The van der Waals surface area contributed by atoms with Crippen molar-refractivity contribution in [2.45, 2.75) is 0 Å². The molecule has 1 aliphatic rings. The minimum absolute atomic E-state index is 0.198. The molecule has 1 heterocycles. The number of rotatable bonds is 5. The van der Waals surface area contributed by atoms with E-state index in [1.807, 2.05) is 0 Å². The van der Waals surface area contributed by atoms with Crippen molar-refractivity contribution in [2.75, 3.05) is 18.1 Å². The predicted octanol–water partition coefficient (Wildman–Crippen LogP) is 0.501. The molecule has 1 aliphatic heterocycles. The highest BCUT2D eigenvalue weighted by atomic mass is 32.2. The van der Waals surface area contributed by atoms with Gasteiger partial charge in [0, 0.05) is 12.3 Å². The van der Waals surface area contributed by atoms with Gasteiger partial charge in [0.05, 0.1) is 16.9 Å². The molecule has 0 fully saturated rings. The van der Waals surface area contributed by atoms with Gasteiger partial charge in [-0.05, 0) is 12.1 Å². The first-order valence-electron chi connectivity index (χ1n) is 5.42. The summed E-state index contributed by atoms with van der Waals surface area (Å²) in [6.45, 7) is 0.296. The van der Waals surface area contributed by atoms with Gasteiger partial charge in [-0.1, -0.05) is 12.1 Å². The van der Waals surface area contributed by atoms with Crippen LogP contribution in [0.1, 0.15) is 20.7 Å². The van der Waals surface area contributed by atoms with Crippen molar-refractivity contribution in [3.05, 3.63) is 35.4 Å². The molecule has 0 bridgehead atoms. The van der Waals surface area contributed by atoms with Gasteiger partial charge in [0.2, 0.25) is 5.91 Å². The van der Waals surface area contributed by atoms with Crippen LogP contribution in [0.2, 0.25) is 0 Å². The number of nitrogens with two attached hydrogens (primary N) is 1. The van der Waals surface area contributed by atoms with Crippen molar-refractivity contribution >= 4 is 29.5 Å². The maximum absolute atomic E-state index is 11.9. The number of amides is 3. The van der Waals surface area contributed by atoms with E-state index < -0.39 is 5.91 Å². The van der Waals surface area contributed by atoms with Crippen molar-refractivity contribution in [1.29, 1.82) is 0 Å². The summed E-state index contributed by atoms with van der Waals surface area (Å²) in [6, 6.07) is 6.75. The first-order chi connectivity index (χ1) is 8.61. The predicted molar refractivity (Wildman–Crippen MR) is 68.3 cm³/mol. The number of hydrogen-bond donors (Lipinski definition) is 1. The van der Waals surface area contributed by atoms with Crippen molar-refractivity contribution in [3.63, 3.8) is 0 Å². The number of thioether (sulfide) groups is 1. The van der Waals surface area contributed by atoms with E-state index in [1.165, 1.54) is 16.7 Å². The van der Waals surface area contributed by atoms with E-state index in [1.54, 1.807) is 24.3 Å². The quantitative estimate of drug-likeness (QED) is 0.620. The number of benzene rings is 1. The Hall–Kier alpha value is -1.82. The summed E-state index contributed by atoms with van der Waals surface area (Å²) in [5.41, 5.74) is 5.90. The summed E-state index contributed by atoms with van der Waals surface area (Å²) in [4.78, 5) is 35.6. The Labute approximate surface area is 108 Å². The molecule has 3 amide bonds. The van der Waals surface area contributed by atoms with Crippen LogP contribution in [0.15, 0.2) is 24.3 Å². The molecular weight excluding hydrogens is 252 g/mol. The summed E-state index contributed by atoms with van der Waals surface area (Å²) in [5.74, 6) is -0.231. The highest BCUT2D eigenvalue weighted by Crippen LogP contribution is 2.22. The molecule has 6 heteroatoms. The summed E-state index contributed by atoms with van der Waals surface area (Å²) in [7, 11) is 0.